The number of halogens is 1. The van der Waals surface area contributed by atoms with E-state index in [0.29, 0.717) is 0 Å². The molecule has 4 nitrogen and oxygen atoms in total. The molecule has 0 aliphatic heterocycles. The molecule has 20 heavy (non-hydrogen) atoms. The highest BCUT2D eigenvalue weighted by atomic mass is 32.2. The fraction of sp³-hybridized carbons (Fsp3) is 0.231. The smallest absolute Gasteiger partial charge is 0.271 e. The van der Waals surface area contributed by atoms with Gasteiger partial charge in [0.15, 0.2) is 0 Å². The number of nitrogens with one attached hydrogen (secondary N) is 2. The Balaban J connectivity index is 2.18. The quantitative estimate of drug-likeness (QED) is 0.861. The van der Waals surface area contributed by atoms with Crippen LogP contribution in [0.5, 0.6) is 0 Å². The Hall–Kier alpha value is -1.44. The third kappa shape index (κ3) is 3.56. The zero-order chi connectivity index (χ0) is 14.6. The van der Waals surface area contributed by atoms with E-state index in [1.807, 2.05) is 7.05 Å². The van der Waals surface area contributed by atoms with Crippen molar-refractivity contribution in [2.45, 2.75) is 10.6 Å². The predicted octanol–water partition coefficient (Wildman–Crippen LogP) is 2.45. The van der Waals surface area contributed by atoms with Gasteiger partial charge >= 0.3 is 0 Å². The molecular weight excluding hydrogens is 299 g/mol. The van der Waals surface area contributed by atoms with Crippen LogP contribution in [0.15, 0.2) is 40.6 Å². The van der Waals surface area contributed by atoms with E-state index in [2.05, 4.69) is 10.0 Å². The summed E-state index contributed by atoms with van der Waals surface area (Å²) < 4.78 is 40.2. The fourth-order valence-electron chi connectivity index (χ4n) is 1.62. The van der Waals surface area contributed by atoms with Crippen molar-refractivity contribution in [3.63, 3.8) is 0 Å². The highest BCUT2D eigenvalue weighted by Gasteiger charge is 2.18. The molecule has 0 spiro atoms. The molecule has 1 aromatic carbocycles. The lowest BCUT2D eigenvalue weighted by Crippen LogP contribution is -2.12. The molecule has 1 heterocycles. The minimum atomic E-state index is -3.73. The number of thiophene rings is 1. The number of anilines is 1. The van der Waals surface area contributed by atoms with Crippen molar-refractivity contribution in [1.29, 1.82) is 0 Å². The van der Waals surface area contributed by atoms with Crippen LogP contribution in [-0.2, 0) is 16.4 Å². The summed E-state index contributed by atoms with van der Waals surface area (Å²) in [5.74, 6) is -0.594. The van der Waals surface area contributed by atoms with Crippen LogP contribution in [0.1, 0.15) is 4.88 Å². The van der Waals surface area contributed by atoms with Crippen molar-refractivity contribution in [2.24, 2.45) is 0 Å². The summed E-state index contributed by atoms with van der Waals surface area (Å²) in [5, 5.41) is 3.00. The molecular formula is C13H15FN2O2S2. The van der Waals surface area contributed by atoms with Crippen molar-refractivity contribution in [1.82, 2.24) is 5.32 Å². The topological polar surface area (TPSA) is 58.2 Å². The van der Waals surface area contributed by atoms with Gasteiger partial charge in [-0.2, -0.15) is 0 Å². The lowest BCUT2D eigenvalue weighted by molar-refractivity contribution is 0.600. The molecule has 2 rings (SSSR count). The van der Waals surface area contributed by atoms with E-state index in [9.17, 15) is 12.8 Å². The van der Waals surface area contributed by atoms with Gasteiger partial charge in [-0.3, -0.25) is 4.72 Å². The number of hydrogen-bond donors (Lipinski definition) is 2. The highest BCUT2D eigenvalue weighted by Crippen LogP contribution is 2.25. The Kier molecular flexibility index (Phi) is 4.74. The minimum Gasteiger partial charge on any atom is -0.319 e. The second-order valence-electron chi connectivity index (χ2n) is 4.16. The van der Waals surface area contributed by atoms with Crippen molar-refractivity contribution < 1.29 is 12.8 Å². The lowest BCUT2D eigenvalue weighted by Gasteiger charge is -2.06. The first-order valence-corrected chi connectivity index (χ1v) is 8.33. The van der Waals surface area contributed by atoms with Gasteiger partial charge in [-0.1, -0.05) is 12.1 Å². The Morgan fingerprint density at radius 1 is 1.20 bits per heavy atom. The molecule has 0 aliphatic carbocycles. The van der Waals surface area contributed by atoms with Crippen LogP contribution < -0.4 is 10.0 Å². The molecule has 2 N–H and O–H groups in total. The number of benzene rings is 1. The van der Waals surface area contributed by atoms with Gasteiger partial charge in [-0.25, -0.2) is 12.8 Å². The summed E-state index contributed by atoms with van der Waals surface area (Å²) in [5.41, 5.74) is -0.0438. The summed E-state index contributed by atoms with van der Waals surface area (Å²) in [6.45, 7) is 0.779. The molecule has 2 aromatic rings. The number of hydrogen-bond acceptors (Lipinski definition) is 4. The predicted molar refractivity (Wildman–Crippen MR) is 79.2 cm³/mol. The number of likely N-dealkylation sites (N-methyl/N-ethyl adjacent to an activating group) is 1. The summed E-state index contributed by atoms with van der Waals surface area (Å²) >= 11 is 1.19. The minimum absolute atomic E-state index is 0.0438. The van der Waals surface area contributed by atoms with Gasteiger partial charge in [-0.05, 0) is 44.3 Å². The number of rotatable bonds is 6. The molecule has 7 heteroatoms. The lowest BCUT2D eigenvalue weighted by atomic mass is 10.3. The van der Waals surface area contributed by atoms with Gasteiger partial charge in [0.1, 0.15) is 10.0 Å². The second kappa shape index (κ2) is 6.34. The largest absolute Gasteiger partial charge is 0.319 e. The van der Waals surface area contributed by atoms with E-state index in [1.165, 1.54) is 29.5 Å². The summed E-state index contributed by atoms with van der Waals surface area (Å²) in [6.07, 6.45) is 0.760. The molecule has 0 saturated heterocycles. The van der Waals surface area contributed by atoms with E-state index in [-0.39, 0.29) is 9.90 Å². The Morgan fingerprint density at radius 3 is 2.65 bits per heavy atom. The standard InChI is InChI=1S/C13H15FN2O2S2/c1-15-9-8-10-6-7-13(19-10)20(17,18)16-12-5-3-2-4-11(12)14/h2-7,15-16H,8-9H2,1H3. The van der Waals surface area contributed by atoms with Gasteiger partial charge in [0.2, 0.25) is 0 Å². The summed E-state index contributed by atoms with van der Waals surface area (Å²) in [4.78, 5) is 0.966. The third-order valence-electron chi connectivity index (χ3n) is 2.64. The molecule has 0 radical (unpaired) electrons. The van der Waals surface area contributed by atoms with E-state index in [4.69, 9.17) is 0 Å². The number of para-hydroxylation sites is 1. The maximum atomic E-state index is 13.5. The van der Waals surface area contributed by atoms with Gasteiger partial charge in [0, 0.05) is 4.88 Å². The van der Waals surface area contributed by atoms with E-state index >= 15 is 0 Å². The summed E-state index contributed by atoms with van der Waals surface area (Å²) in [6, 6.07) is 9.01. The van der Waals surface area contributed by atoms with Crippen LogP contribution in [0.25, 0.3) is 0 Å². The Bertz CT molecular complexity index is 683. The first kappa shape index (κ1) is 15.0. The van der Waals surface area contributed by atoms with Crippen LogP contribution in [0, 0.1) is 5.82 Å². The molecule has 0 atom stereocenters. The van der Waals surface area contributed by atoms with Crippen molar-refractivity contribution in [3.8, 4) is 0 Å². The average Bonchev–Trinajstić information content (AvgIpc) is 2.88. The van der Waals surface area contributed by atoms with Crippen molar-refractivity contribution in [3.05, 3.63) is 47.1 Å². The van der Waals surface area contributed by atoms with Crippen LogP contribution >= 0.6 is 11.3 Å². The van der Waals surface area contributed by atoms with E-state index in [0.717, 1.165) is 17.8 Å². The molecule has 1 aromatic heterocycles. The van der Waals surface area contributed by atoms with Crippen molar-refractivity contribution >= 4 is 27.0 Å². The molecule has 108 valence electrons. The van der Waals surface area contributed by atoms with E-state index in [1.54, 1.807) is 18.2 Å². The maximum absolute atomic E-state index is 13.5. The maximum Gasteiger partial charge on any atom is 0.271 e. The van der Waals surface area contributed by atoms with Crippen LogP contribution in [-0.4, -0.2) is 22.0 Å². The Morgan fingerprint density at radius 2 is 1.95 bits per heavy atom. The van der Waals surface area contributed by atoms with Gasteiger partial charge in [-0.15, -0.1) is 11.3 Å². The zero-order valence-electron chi connectivity index (χ0n) is 10.9. The first-order chi connectivity index (χ1) is 9.53. The van der Waals surface area contributed by atoms with Crippen LogP contribution in [0.2, 0.25) is 0 Å². The fourth-order valence-corrected chi connectivity index (χ4v) is 4.05. The first-order valence-electron chi connectivity index (χ1n) is 6.03. The third-order valence-corrected chi connectivity index (χ3v) is 5.64. The molecule has 0 amide bonds. The molecule has 0 saturated carbocycles. The van der Waals surface area contributed by atoms with E-state index < -0.39 is 15.8 Å². The van der Waals surface area contributed by atoms with Crippen LogP contribution in [0.4, 0.5) is 10.1 Å². The van der Waals surface area contributed by atoms with Gasteiger partial charge in [0.05, 0.1) is 5.69 Å². The summed E-state index contributed by atoms with van der Waals surface area (Å²) in [7, 11) is -1.89. The highest BCUT2D eigenvalue weighted by molar-refractivity contribution is 7.94. The molecule has 0 unspecified atom stereocenters. The normalized spacial score (nSPS) is 11.5. The van der Waals surface area contributed by atoms with Gasteiger partial charge in [0.25, 0.3) is 10.0 Å². The molecule has 0 aliphatic rings. The molecule has 0 bridgehead atoms. The SMILES string of the molecule is CNCCc1ccc(S(=O)(=O)Nc2ccccc2F)s1. The number of sulfonamides is 1. The monoisotopic (exact) mass is 314 g/mol. The second-order valence-corrected chi connectivity index (χ2v) is 7.24. The van der Waals surface area contributed by atoms with Crippen molar-refractivity contribution in [2.75, 3.05) is 18.3 Å². The van der Waals surface area contributed by atoms with Crippen LogP contribution in [0.3, 0.4) is 0 Å². The average molecular weight is 314 g/mol. The zero-order valence-corrected chi connectivity index (χ0v) is 12.5. The van der Waals surface area contributed by atoms with Gasteiger partial charge < -0.3 is 5.32 Å². The Labute approximate surface area is 121 Å². The molecule has 0 fully saturated rings.